The molecule has 1 N–H and O–H groups in total. The van der Waals surface area contributed by atoms with E-state index < -0.39 is 11.7 Å². The molecule has 0 unspecified atom stereocenters. The number of hydrogen-bond acceptors (Lipinski definition) is 5. The van der Waals surface area contributed by atoms with Crippen LogP contribution in [0.5, 0.6) is 0 Å². The smallest absolute Gasteiger partial charge is 0.274 e. The van der Waals surface area contributed by atoms with Gasteiger partial charge in [-0.1, -0.05) is 6.07 Å². The van der Waals surface area contributed by atoms with Crippen LogP contribution in [0.1, 0.15) is 29.8 Å². The van der Waals surface area contributed by atoms with Crippen LogP contribution in [0.25, 0.3) is 5.95 Å². The van der Waals surface area contributed by atoms with E-state index in [9.17, 15) is 9.18 Å². The first-order chi connectivity index (χ1) is 13.2. The van der Waals surface area contributed by atoms with Crippen molar-refractivity contribution < 1.29 is 9.18 Å². The van der Waals surface area contributed by atoms with Crippen molar-refractivity contribution in [1.82, 2.24) is 19.5 Å². The highest BCUT2D eigenvalue weighted by Gasteiger charge is 2.18. The molecule has 8 heteroatoms. The van der Waals surface area contributed by atoms with Crippen molar-refractivity contribution in [3.63, 3.8) is 0 Å². The second kappa shape index (κ2) is 7.53. The largest absolute Gasteiger partial charge is 0.356 e. The number of aromatic nitrogens is 4. The van der Waals surface area contributed by atoms with Gasteiger partial charge in [-0.05, 0) is 37.5 Å². The van der Waals surface area contributed by atoms with E-state index in [1.54, 1.807) is 41.5 Å². The third-order valence-electron chi connectivity index (χ3n) is 4.43. The van der Waals surface area contributed by atoms with Crippen LogP contribution >= 0.6 is 0 Å². The van der Waals surface area contributed by atoms with E-state index in [1.807, 2.05) is 0 Å². The molecular weight excluding hydrogens is 347 g/mol. The van der Waals surface area contributed by atoms with Crippen LogP contribution in [0.4, 0.5) is 15.9 Å². The first-order valence-electron chi connectivity index (χ1n) is 8.88. The Balaban J connectivity index is 1.67. The average molecular weight is 366 g/mol. The van der Waals surface area contributed by atoms with Crippen LogP contribution in [0.2, 0.25) is 0 Å². The predicted octanol–water partition coefficient (Wildman–Crippen LogP) is 3.04. The number of hydrogen-bond donors (Lipinski definition) is 1. The van der Waals surface area contributed by atoms with Gasteiger partial charge in [-0.3, -0.25) is 9.36 Å². The number of carbonyl (C=O) groups excluding carboxylic acids is 1. The zero-order chi connectivity index (χ0) is 18.6. The lowest BCUT2D eigenvalue weighted by Crippen LogP contribution is -2.31. The first-order valence-corrected chi connectivity index (χ1v) is 8.88. The number of piperidine rings is 1. The van der Waals surface area contributed by atoms with E-state index in [2.05, 4.69) is 25.2 Å². The van der Waals surface area contributed by atoms with Crippen LogP contribution in [-0.4, -0.2) is 38.5 Å². The lowest BCUT2D eigenvalue weighted by Gasteiger charge is -2.28. The van der Waals surface area contributed by atoms with Crippen LogP contribution in [-0.2, 0) is 0 Å². The maximum Gasteiger partial charge on any atom is 0.274 e. The molecule has 138 valence electrons. The number of benzene rings is 1. The summed E-state index contributed by atoms with van der Waals surface area (Å²) in [7, 11) is 0. The van der Waals surface area contributed by atoms with Gasteiger partial charge in [0.05, 0.1) is 0 Å². The summed E-state index contributed by atoms with van der Waals surface area (Å²) in [5, 5.41) is 2.69. The quantitative estimate of drug-likeness (QED) is 0.768. The summed E-state index contributed by atoms with van der Waals surface area (Å²) in [4.78, 5) is 27.9. The molecule has 1 aliphatic rings. The normalized spacial score (nSPS) is 14.2. The minimum absolute atomic E-state index is 0.221. The molecular formula is C19H19FN6O. The lowest BCUT2D eigenvalue weighted by atomic mass is 10.1. The monoisotopic (exact) mass is 366 g/mol. The molecule has 27 heavy (non-hydrogen) atoms. The highest BCUT2D eigenvalue weighted by molar-refractivity contribution is 6.03. The van der Waals surface area contributed by atoms with Gasteiger partial charge >= 0.3 is 0 Å². The fourth-order valence-electron chi connectivity index (χ4n) is 3.08. The Morgan fingerprint density at radius 1 is 1.11 bits per heavy atom. The van der Waals surface area contributed by atoms with Gasteiger partial charge in [0.1, 0.15) is 23.7 Å². The van der Waals surface area contributed by atoms with Crippen molar-refractivity contribution in [2.24, 2.45) is 0 Å². The highest BCUT2D eigenvalue weighted by atomic mass is 19.1. The Bertz CT molecular complexity index is 937. The van der Waals surface area contributed by atoms with Crippen LogP contribution in [0.3, 0.4) is 0 Å². The summed E-state index contributed by atoms with van der Waals surface area (Å²) in [6.45, 7) is 1.79. The SMILES string of the molecule is O=C(Nc1cccc(F)c1)c1cc(N2CCCCC2)nc(-n2ccnc2)n1. The number of nitrogens with one attached hydrogen (secondary N) is 1. The summed E-state index contributed by atoms with van der Waals surface area (Å²) < 4.78 is 15.0. The summed E-state index contributed by atoms with van der Waals surface area (Å²) in [6, 6.07) is 7.44. The second-order valence-corrected chi connectivity index (χ2v) is 6.39. The zero-order valence-electron chi connectivity index (χ0n) is 14.7. The van der Waals surface area contributed by atoms with Crippen molar-refractivity contribution in [2.45, 2.75) is 19.3 Å². The van der Waals surface area contributed by atoms with Gasteiger partial charge in [0, 0.05) is 37.2 Å². The molecule has 0 bridgehead atoms. The molecule has 0 aliphatic carbocycles. The third-order valence-corrected chi connectivity index (χ3v) is 4.43. The van der Waals surface area contributed by atoms with Gasteiger partial charge in [0.2, 0.25) is 5.95 Å². The number of anilines is 2. The molecule has 0 spiro atoms. The molecule has 1 aromatic carbocycles. The molecule has 1 aliphatic heterocycles. The standard InChI is InChI=1S/C19H19FN6O/c20-14-5-4-6-15(11-14)22-18(27)16-12-17(25-8-2-1-3-9-25)24-19(23-16)26-10-7-21-13-26/h4-7,10-13H,1-3,8-9H2,(H,22,27). The Kier molecular flexibility index (Phi) is 4.78. The van der Waals surface area contributed by atoms with E-state index in [4.69, 9.17) is 0 Å². The van der Waals surface area contributed by atoms with E-state index in [0.29, 0.717) is 17.5 Å². The number of carbonyl (C=O) groups is 1. The van der Waals surface area contributed by atoms with Crippen molar-refractivity contribution >= 4 is 17.4 Å². The molecule has 3 heterocycles. The molecule has 1 fully saturated rings. The minimum atomic E-state index is -0.414. The van der Waals surface area contributed by atoms with Crippen molar-refractivity contribution in [1.29, 1.82) is 0 Å². The van der Waals surface area contributed by atoms with Crippen molar-refractivity contribution in [2.75, 3.05) is 23.3 Å². The van der Waals surface area contributed by atoms with E-state index in [1.165, 1.54) is 18.6 Å². The summed E-state index contributed by atoms with van der Waals surface area (Å²) in [6.07, 6.45) is 8.32. The van der Waals surface area contributed by atoms with Crippen molar-refractivity contribution in [3.8, 4) is 5.95 Å². The number of amides is 1. The fraction of sp³-hybridized carbons (Fsp3) is 0.263. The number of halogens is 1. The second-order valence-electron chi connectivity index (χ2n) is 6.39. The van der Waals surface area contributed by atoms with Gasteiger partial charge in [-0.2, -0.15) is 4.98 Å². The topological polar surface area (TPSA) is 75.9 Å². The molecule has 0 saturated carbocycles. The predicted molar refractivity (Wildman–Crippen MR) is 99.6 cm³/mol. The Hall–Kier alpha value is -3.29. The molecule has 0 radical (unpaired) electrons. The fourth-order valence-corrected chi connectivity index (χ4v) is 3.08. The molecule has 7 nitrogen and oxygen atoms in total. The third kappa shape index (κ3) is 3.94. The first kappa shape index (κ1) is 17.1. The summed E-state index contributed by atoms with van der Waals surface area (Å²) >= 11 is 0. The molecule has 4 rings (SSSR count). The number of nitrogens with zero attached hydrogens (tertiary/aromatic N) is 5. The average Bonchev–Trinajstić information content (AvgIpc) is 3.23. The van der Waals surface area contributed by atoms with Gasteiger partial charge in [0.25, 0.3) is 5.91 Å². The van der Waals surface area contributed by atoms with Gasteiger partial charge in [0.15, 0.2) is 0 Å². The summed E-state index contributed by atoms with van der Waals surface area (Å²) in [5.74, 6) is 0.254. The number of rotatable bonds is 4. The van der Waals surface area contributed by atoms with Gasteiger partial charge in [-0.15, -0.1) is 0 Å². The molecule has 0 atom stereocenters. The minimum Gasteiger partial charge on any atom is -0.356 e. The molecule has 2 aromatic heterocycles. The molecule has 1 amide bonds. The zero-order valence-corrected chi connectivity index (χ0v) is 14.7. The Morgan fingerprint density at radius 3 is 2.70 bits per heavy atom. The summed E-state index contributed by atoms with van der Waals surface area (Å²) in [5.41, 5.74) is 0.598. The Labute approximate surface area is 155 Å². The van der Waals surface area contributed by atoms with Crippen LogP contribution in [0, 0.1) is 5.82 Å². The van der Waals surface area contributed by atoms with Crippen LogP contribution in [0.15, 0.2) is 49.1 Å². The maximum atomic E-state index is 13.4. The van der Waals surface area contributed by atoms with Gasteiger partial charge < -0.3 is 10.2 Å². The van der Waals surface area contributed by atoms with E-state index in [0.717, 1.165) is 25.9 Å². The highest BCUT2D eigenvalue weighted by Crippen LogP contribution is 2.20. The van der Waals surface area contributed by atoms with E-state index in [-0.39, 0.29) is 5.69 Å². The Morgan fingerprint density at radius 2 is 1.96 bits per heavy atom. The number of imidazole rings is 1. The lowest BCUT2D eigenvalue weighted by molar-refractivity contribution is 0.102. The maximum absolute atomic E-state index is 13.4. The van der Waals surface area contributed by atoms with E-state index >= 15 is 0 Å². The van der Waals surface area contributed by atoms with Crippen molar-refractivity contribution in [3.05, 3.63) is 60.6 Å². The van der Waals surface area contributed by atoms with Gasteiger partial charge in [-0.25, -0.2) is 14.4 Å². The molecule has 3 aromatic rings. The molecule has 1 saturated heterocycles. The van der Waals surface area contributed by atoms with Crippen LogP contribution < -0.4 is 10.2 Å².